The minimum Gasteiger partial charge on any atom is -0.488 e. The van der Waals surface area contributed by atoms with Gasteiger partial charge in [-0.3, -0.25) is 28.8 Å². The minimum absolute atomic E-state index is 0.0273. The van der Waals surface area contributed by atoms with E-state index in [2.05, 4.69) is 5.32 Å². The zero-order chi connectivity index (χ0) is 47.1. The summed E-state index contributed by atoms with van der Waals surface area (Å²) in [5, 5.41) is 50.9. The lowest BCUT2D eigenvalue weighted by Gasteiger charge is -2.25. The number of halogens is 2. The summed E-state index contributed by atoms with van der Waals surface area (Å²) in [6, 6.07) is 17.7. The van der Waals surface area contributed by atoms with Crippen LogP contribution in [-0.4, -0.2) is 101 Å². The Kier molecular flexibility index (Phi) is 13.9. The fourth-order valence-electron chi connectivity index (χ4n) is 6.97. The van der Waals surface area contributed by atoms with E-state index in [-0.39, 0.29) is 81.6 Å². The lowest BCUT2D eigenvalue weighted by atomic mass is 9.89. The quantitative estimate of drug-likeness (QED) is 0.0425. The van der Waals surface area contributed by atoms with E-state index in [0.717, 1.165) is 40.1 Å². The summed E-state index contributed by atoms with van der Waals surface area (Å²) in [6.07, 6.45) is 0. The van der Waals surface area contributed by atoms with E-state index >= 15 is 0 Å². The largest absolute Gasteiger partial charge is 0.488 e. The van der Waals surface area contributed by atoms with Gasteiger partial charge in [-0.2, -0.15) is 0 Å². The maximum absolute atomic E-state index is 14.6. The summed E-state index contributed by atoms with van der Waals surface area (Å²) in [4.78, 5) is 87.0. The third-order valence-electron chi connectivity index (χ3n) is 9.69. The highest BCUT2D eigenvalue weighted by Crippen LogP contribution is 2.42. The van der Waals surface area contributed by atoms with Crippen LogP contribution in [0.15, 0.2) is 94.1 Å². The lowest BCUT2D eigenvalue weighted by molar-refractivity contribution is -0.138. The number of hydrogen-bond donors (Lipinski definition) is 6. The van der Waals surface area contributed by atoms with Gasteiger partial charge >= 0.3 is 29.8 Å². The molecule has 6 rings (SSSR count). The number of aromatic carboxylic acids is 1. The third-order valence-corrected chi connectivity index (χ3v) is 9.69. The molecule has 0 atom stereocenters. The van der Waals surface area contributed by atoms with Gasteiger partial charge in [0.1, 0.15) is 68.1 Å². The normalized spacial score (nSPS) is 10.9. The fourth-order valence-corrected chi connectivity index (χ4v) is 6.97. The van der Waals surface area contributed by atoms with Crippen LogP contribution in [0.25, 0.3) is 33.4 Å². The summed E-state index contributed by atoms with van der Waals surface area (Å²) >= 11 is 0. The molecule has 20 heteroatoms. The first-order valence-electron chi connectivity index (χ1n) is 19.3. The molecule has 1 heterocycles. The lowest BCUT2D eigenvalue weighted by Crippen LogP contribution is -2.35. The Labute approximate surface area is 365 Å². The number of carbonyl (C=O) groups is 6. The summed E-state index contributed by atoms with van der Waals surface area (Å²) in [5.41, 5.74) is -0.298. The number of nitrogens with one attached hydrogen (secondary N) is 1. The van der Waals surface area contributed by atoms with Crippen LogP contribution in [0.5, 0.6) is 11.5 Å². The molecule has 0 bridgehead atoms. The molecule has 6 N–H and O–H groups in total. The van der Waals surface area contributed by atoms with Crippen molar-refractivity contribution < 1.29 is 77.0 Å². The second-order valence-corrected chi connectivity index (χ2v) is 14.4. The number of aliphatic carboxylic acids is 4. The number of aryl methyl sites for hydroxylation is 1. The van der Waals surface area contributed by atoms with Crippen molar-refractivity contribution in [3.05, 3.63) is 129 Å². The maximum atomic E-state index is 14.6. The smallest absolute Gasteiger partial charge is 0.336 e. The Morgan fingerprint density at radius 1 is 0.662 bits per heavy atom. The van der Waals surface area contributed by atoms with Gasteiger partial charge in [-0.25, -0.2) is 13.6 Å². The van der Waals surface area contributed by atoms with E-state index in [9.17, 15) is 67.9 Å². The van der Waals surface area contributed by atoms with E-state index in [4.69, 9.17) is 13.9 Å². The zero-order valence-corrected chi connectivity index (χ0v) is 34.0. The van der Waals surface area contributed by atoms with E-state index in [0.29, 0.717) is 11.1 Å². The molecule has 0 fully saturated rings. The highest BCUT2D eigenvalue weighted by molar-refractivity contribution is 6.09. The van der Waals surface area contributed by atoms with Crippen molar-refractivity contribution in [1.82, 2.24) is 5.32 Å². The first kappa shape index (κ1) is 46.0. The Morgan fingerprint density at radius 3 is 1.83 bits per heavy atom. The van der Waals surface area contributed by atoms with Crippen molar-refractivity contribution in [2.24, 2.45) is 0 Å². The standard InChI is InChI=1S/C45H37F2N3O15/c1-23-2-7-32(49(19-39(52)53)20-40(54)55)37(12-23)63-10-11-64-38-13-24(3-8-33(38)50(21-41(56)57)22-42(58)59)18-48-44(60)25-4-6-27(28(14-25)45(61)62)43-29-15-26(46)5-9-35(29)65-36-17-34(51)31(47)16-30(36)43/h2-9,12-17H,10-11,18-22H2,1H3,(H,48,60)(H,52,53)(H,54,55)(H,56,57)(H,58,59)(H,61,62). The molecule has 4 aromatic rings. The summed E-state index contributed by atoms with van der Waals surface area (Å²) in [7, 11) is 0. The summed E-state index contributed by atoms with van der Waals surface area (Å²) in [6.45, 7) is -1.79. The summed E-state index contributed by atoms with van der Waals surface area (Å²) in [5.74, 6) is -9.45. The molecule has 4 aromatic carbocycles. The fraction of sp³-hybridized carbons (Fsp3) is 0.178. The Bertz CT molecular complexity index is 2870. The SMILES string of the molecule is Cc1ccc(N(CC(=O)O)CC(=O)O)c(OCCOc2cc(CNC(=O)c3ccc(-c4c5cc(F)c(=O)cc-5oc5ccc(F)cc45)c(C(=O)O)c3)ccc2N(CC(=O)O)CC(=O)O)c1. The zero-order valence-electron chi connectivity index (χ0n) is 34.0. The molecule has 65 heavy (non-hydrogen) atoms. The molecule has 0 radical (unpaired) electrons. The maximum Gasteiger partial charge on any atom is 0.336 e. The molecule has 0 spiro atoms. The molecule has 0 unspecified atom stereocenters. The number of carboxylic acids is 5. The van der Waals surface area contributed by atoms with Crippen LogP contribution in [0.2, 0.25) is 0 Å². The second-order valence-electron chi connectivity index (χ2n) is 14.4. The van der Waals surface area contributed by atoms with E-state index < -0.39 is 84.6 Å². The van der Waals surface area contributed by atoms with Crippen LogP contribution in [0, 0.1) is 18.6 Å². The van der Waals surface area contributed by atoms with Gasteiger partial charge in [0.2, 0.25) is 5.43 Å². The Balaban J connectivity index is 1.27. The molecule has 2 aliphatic rings. The highest BCUT2D eigenvalue weighted by atomic mass is 19.1. The number of rotatable bonds is 20. The van der Waals surface area contributed by atoms with Crippen molar-refractivity contribution >= 4 is 58.1 Å². The van der Waals surface area contributed by atoms with Crippen LogP contribution in [0.3, 0.4) is 0 Å². The van der Waals surface area contributed by atoms with Crippen LogP contribution in [-0.2, 0) is 25.7 Å². The van der Waals surface area contributed by atoms with E-state index in [1.807, 2.05) is 0 Å². The predicted molar refractivity (Wildman–Crippen MR) is 226 cm³/mol. The van der Waals surface area contributed by atoms with Crippen LogP contribution in [0.1, 0.15) is 31.8 Å². The van der Waals surface area contributed by atoms with Gasteiger partial charge in [0.25, 0.3) is 5.91 Å². The number of hydrogen-bond acceptors (Lipinski definition) is 12. The molecule has 0 aromatic heterocycles. The van der Waals surface area contributed by atoms with Crippen molar-refractivity contribution in [3.63, 3.8) is 0 Å². The molecule has 336 valence electrons. The van der Waals surface area contributed by atoms with Gasteiger partial charge in [-0.1, -0.05) is 18.2 Å². The number of carboxylic acid groups (broad SMARTS) is 5. The molecule has 0 saturated carbocycles. The van der Waals surface area contributed by atoms with Crippen molar-refractivity contribution in [1.29, 1.82) is 0 Å². The van der Waals surface area contributed by atoms with Gasteiger partial charge in [-0.05, 0) is 84.3 Å². The minimum atomic E-state index is -1.50. The van der Waals surface area contributed by atoms with Gasteiger partial charge in [0.15, 0.2) is 5.82 Å². The monoisotopic (exact) mass is 897 g/mol. The first-order valence-corrected chi connectivity index (χ1v) is 19.3. The number of benzene rings is 5. The third kappa shape index (κ3) is 11.1. The molecule has 1 amide bonds. The molecule has 0 saturated heterocycles. The van der Waals surface area contributed by atoms with Crippen LogP contribution < -0.4 is 30.0 Å². The second kappa shape index (κ2) is 19.7. The van der Waals surface area contributed by atoms with Gasteiger partial charge in [0.05, 0.1) is 16.9 Å². The number of fused-ring (bicyclic) bond motifs is 2. The Hall–Kier alpha value is -8.55. The number of nitrogens with zero attached hydrogens (tertiary/aromatic N) is 2. The number of anilines is 2. The topological polar surface area (TPSA) is 271 Å². The van der Waals surface area contributed by atoms with Crippen LogP contribution >= 0.6 is 0 Å². The average molecular weight is 898 g/mol. The molecule has 1 aliphatic carbocycles. The van der Waals surface area contributed by atoms with E-state index in [1.165, 1.54) is 42.5 Å². The molecular formula is C45H37F2N3O15. The first-order chi connectivity index (χ1) is 30.9. The predicted octanol–water partition coefficient (Wildman–Crippen LogP) is 5.19. The molecular weight excluding hydrogens is 860 g/mol. The van der Waals surface area contributed by atoms with Crippen LogP contribution in [0.4, 0.5) is 20.2 Å². The summed E-state index contributed by atoms with van der Waals surface area (Å²) < 4.78 is 46.8. The van der Waals surface area contributed by atoms with Crippen molar-refractivity contribution in [3.8, 4) is 33.9 Å². The molecule has 1 aliphatic heterocycles. The van der Waals surface area contributed by atoms with E-state index in [1.54, 1.807) is 19.1 Å². The van der Waals surface area contributed by atoms with Gasteiger partial charge in [-0.15, -0.1) is 0 Å². The van der Waals surface area contributed by atoms with Gasteiger partial charge in [0, 0.05) is 34.7 Å². The number of carbonyl (C=O) groups excluding carboxylic acids is 1. The van der Waals surface area contributed by atoms with Crippen molar-refractivity contribution in [2.75, 3.05) is 49.2 Å². The highest BCUT2D eigenvalue weighted by Gasteiger charge is 2.26. The van der Waals surface area contributed by atoms with Gasteiger partial charge < -0.3 is 54.5 Å². The van der Waals surface area contributed by atoms with Crippen molar-refractivity contribution in [2.45, 2.75) is 13.5 Å². The average Bonchev–Trinajstić information content (AvgIpc) is 3.23. The number of amides is 1. The Morgan fingerprint density at radius 2 is 1.25 bits per heavy atom. The number of ether oxygens (including phenoxy) is 2. The molecule has 18 nitrogen and oxygen atoms in total.